The van der Waals surface area contributed by atoms with Gasteiger partial charge in [0, 0.05) is 27.9 Å². The van der Waals surface area contributed by atoms with Gasteiger partial charge in [-0.2, -0.15) is 0 Å². The number of fused-ring (bicyclic) bond motifs is 4. The topological polar surface area (TPSA) is 6.48 Å². The van der Waals surface area contributed by atoms with E-state index in [-0.39, 0.29) is 10.8 Å². The molecule has 0 saturated heterocycles. The van der Waals surface area contributed by atoms with Crippen molar-refractivity contribution in [1.29, 1.82) is 0 Å². The molecule has 0 aromatic heterocycles. The molecule has 0 unspecified atom stereocenters. The van der Waals surface area contributed by atoms with Crippen LogP contribution in [0.3, 0.4) is 0 Å². The summed E-state index contributed by atoms with van der Waals surface area (Å²) >= 11 is 0. The molecule has 242 valence electrons. The van der Waals surface area contributed by atoms with Crippen molar-refractivity contribution in [3.05, 3.63) is 192 Å². The van der Waals surface area contributed by atoms with E-state index in [0.717, 1.165) is 17.1 Å². The van der Waals surface area contributed by atoms with Gasteiger partial charge in [0.15, 0.2) is 0 Å². The van der Waals surface area contributed by atoms with Crippen LogP contribution in [-0.2, 0) is 10.8 Å². The minimum atomic E-state index is -0.226. The molecule has 0 spiro atoms. The molecule has 50 heavy (non-hydrogen) atoms. The first-order valence-corrected chi connectivity index (χ1v) is 17.6. The first-order chi connectivity index (χ1) is 24.3. The lowest BCUT2D eigenvalue weighted by Crippen LogP contribution is -2.38. The third-order valence-corrected chi connectivity index (χ3v) is 11.0. The molecule has 0 N–H and O–H groups in total. The Morgan fingerprint density at radius 2 is 0.800 bits per heavy atom. The van der Waals surface area contributed by atoms with Crippen LogP contribution in [0.15, 0.2) is 170 Å². The average molecular weight is 645 g/mol. The fourth-order valence-corrected chi connectivity index (χ4v) is 8.30. The molecule has 0 fully saturated rings. The first kappa shape index (κ1) is 30.2. The van der Waals surface area contributed by atoms with Gasteiger partial charge in [0.2, 0.25) is 0 Å². The summed E-state index contributed by atoms with van der Waals surface area (Å²) in [4.78, 5) is 4.86. The molecular weight excluding hydrogens is 605 g/mol. The highest BCUT2D eigenvalue weighted by molar-refractivity contribution is 5.95. The Kier molecular flexibility index (Phi) is 6.86. The summed E-state index contributed by atoms with van der Waals surface area (Å²) in [6.07, 6.45) is 0. The molecule has 7 aromatic rings. The fourth-order valence-electron chi connectivity index (χ4n) is 8.30. The SMILES string of the molecule is CC1(C)c2ccccc2N2c3ccc(-c4ccc(N(c5ccccc5)c5ccccc5)cc4)cc3C(C)(C)c3cc(-c4ccccc4)cc1c32. The van der Waals surface area contributed by atoms with Crippen LogP contribution >= 0.6 is 0 Å². The van der Waals surface area contributed by atoms with Crippen LogP contribution in [0.2, 0.25) is 0 Å². The molecule has 0 radical (unpaired) electrons. The van der Waals surface area contributed by atoms with Crippen molar-refractivity contribution in [2.24, 2.45) is 0 Å². The smallest absolute Gasteiger partial charge is 0.0544 e. The van der Waals surface area contributed by atoms with E-state index in [9.17, 15) is 0 Å². The van der Waals surface area contributed by atoms with Crippen molar-refractivity contribution in [2.75, 3.05) is 9.80 Å². The van der Waals surface area contributed by atoms with Gasteiger partial charge in [-0.15, -0.1) is 0 Å². The van der Waals surface area contributed by atoms with Gasteiger partial charge in [-0.05, 0) is 111 Å². The molecule has 2 aliphatic rings. The Morgan fingerprint density at radius 1 is 0.360 bits per heavy atom. The van der Waals surface area contributed by atoms with Crippen LogP contribution in [0, 0.1) is 0 Å². The molecule has 0 amide bonds. The van der Waals surface area contributed by atoms with Crippen molar-refractivity contribution >= 4 is 34.1 Å². The van der Waals surface area contributed by atoms with Gasteiger partial charge in [-0.25, -0.2) is 0 Å². The normalized spacial score (nSPS) is 14.7. The van der Waals surface area contributed by atoms with Crippen LogP contribution in [0.1, 0.15) is 49.9 Å². The zero-order valence-corrected chi connectivity index (χ0v) is 29.1. The third kappa shape index (κ3) is 4.63. The lowest BCUT2D eigenvalue weighted by Gasteiger charge is -2.49. The second-order valence-electron chi connectivity index (χ2n) is 14.7. The summed E-state index contributed by atoms with van der Waals surface area (Å²) in [6.45, 7) is 9.59. The van der Waals surface area contributed by atoms with Gasteiger partial charge in [-0.3, -0.25) is 0 Å². The summed E-state index contributed by atoms with van der Waals surface area (Å²) in [5.41, 5.74) is 17.3. The molecule has 0 aliphatic carbocycles. The summed E-state index contributed by atoms with van der Waals surface area (Å²) in [6, 6.07) is 62.1. The first-order valence-electron chi connectivity index (χ1n) is 17.6. The molecule has 0 saturated carbocycles. The molecule has 2 aliphatic heterocycles. The standard InChI is InChI=1S/C48H40N2/c1-47(2)40-22-14-15-23-44(40)50-45-29-26-35(30-41(45)48(3,4)43-32-36(31-42(47)46(43)50)33-16-8-5-9-17-33)34-24-27-39(28-25-34)49(37-18-10-6-11-19-37)38-20-12-7-13-21-38/h5-32H,1-4H3. The maximum atomic E-state index is 2.55. The minimum Gasteiger partial charge on any atom is -0.311 e. The fraction of sp³-hybridized carbons (Fsp3) is 0.125. The largest absolute Gasteiger partial charge is 0.311 e. The lowest BCUT2D eigenvalue weighted by atomic mass is 9.65. The van der Waals surface area contributed by atoms with Gasteiger partial charge >= 0.3 is 0 Å². The predicted octanol–water partition coefficient (Wildman–Crippen LogP) is 13.2. The molecule has 0 bridgehead atoms. The number of nitrogens with zero attached hydrogens (tertiary/aromatic N) is 2. The van der Waals surface area contributed by atoms with E-state index < -0.39 is 0 Å². The maximum Gasteiger partial charge on any atom is 0.0544 e. The maximum absolute atomic E-state index is 2.55. The number of hydrogen-bond acceptors (Lipinski definition) is 2. The van der Waals surface area contributed by atoms with Crippen LogP contribution in [0.25, 0.3) is 22.3 Å². The highest BCUT2D eigenvalue weighted by Crippen LogP contribution is 2.61. The van der Waals surface area contributed by atoms with Gasteiger partial charge in [0.25, 0.3) is 0 Å². The summed E-state index contributed by atoms with van der Waals surface area (Å²) in [5.74, 6) is 0. The molecule has 7 aromatic carbocycles. The minimum absolute atomic E-state index is 0.148. The summed E-state index contributed by atoms with van der Waals surface area (Å²) < 4.78 is 0. The highest BCUT2D eigenvalue weighted by Gasteiger charge is 2.45. The van der Waals surface area contributed by atoms with E-state index in [2.05, 4.69) is 207 Å². The van der Waals surface area contributed by atoms with Gasteiger partial charge in [0.05, 0.1) is 17.1 Å². The Morgan fingerprint density at radius 3 is 1.42 bits per heavy atom. The van der Waals surface area contributed by atoms with Crippen LogP contribution in [0.5, 0.6) is 0 Å². The van der Waals surface area contributed by atoms with Gasteiger partial charge in [0.1, 0.15) is 0 Å². The Bertz CT molecular complexity index is 2320. The second-order valence-corrected chi connectivity index (χ2v) is 14.7. The zero-order chi connectivity index (χ0) is 34.0. The van der Waals surface area contributed by atoms with Gasteiger partial charge in [-0.1, -0.05) is 131 Å². The van der Waals surface area contributed by atoms with Crippen molar-refractivity contribution in [1.82, 2.24) is 0 Å². The number of para-hydroxylation sites is 3. The van der Waals surface area contributed by atoms with E-state index in [0.29, 0.717) is 0 Å². The zero-order valence-electron chi connectivity index (χ0n) is 29.1. The number of hydrogen-bond donors (Lipinski definition) is 0. The van der Waals surface area contributed by atoms with Crippen molar-refractivity contribution in [3.8, 4) is 22.3 Å². The van der Waals surface area contributed by atoms with Crippen molar-refractivity contribution < 1.29 is 0 Å². The van der Waals surface area contributed by atoms with Crippen LogP contribution in [-0.4, -0.2) is 0 Å². The summed E-state index contributed by atoms with van der Waals surface area (Å²) in [5, 5.41) is 0. The average Bonchev–Trinajstić information content (AvgIpc) is 3.16. The number of benzene rings is 7. The second kappa shape index (κ2) is 11.4. The van der Waals surface area contributed by atoms with E-state index in [1.807, 2.05) is 0 Å². The Hall–Kier alpha value is -5.86. The van der Waals surface area contributed by atoms with E-state index in [1.54, 1.807) is 0 Å². The highest BCUT2D eigenvalue weighted by atomic mass is 15.2. The Labute approximate surface area is 295 Å². The number of rotatable bonds is 5. The van der Waals surface area contributed by atoms with Crippen molar-refractivity contribution in [2.45, 2.75) is 38.5 Å². The van der Waals surface area contributed by atoms with E-state index >= 15 is 0 Å². The third-order valence-electron chi connectivity index (χ3n) is 11.0. The predicted molar refractivity (Wildman–Crippen MR) is 211 cm³/mol. The van der Waals surface area contributed by atoms with Gasteiger partial charge < -0.3 is 9.80 Å². The quantitative estimate of drug-likeness (QED) is 0.184. The molecule has 2 heterocycles. The van der Waals surface area contributed by atoms with Crippen LogP contribution < -0.4 is 9.80 Å². The molecule has 2 nitrogen and oxygen atoms in total. The molecule has 9 rings (SSSR count). The Balaban J connectivity index is 1.19. The van der Waals surface area contributed by atoms with Crippen LogP contribution in [0.4, 0.5) is 34.1 Å². The molecule has 0 atom stereocenters. The molecule has 2 heteroatoms. The number of anilines is 6. The monoisotopic (exact) mass is 644 g/mol. The summed E-state index contributed by atoms with van der Waals surface area (Å²) in [7, 11) is 0. The van der Waals surface area contributed by atoms with E-state index in [1.165, 1.54) is 61.6 Å². The lowest BCUT2D eigenvalue weighted by molar-refractivity contribution is 0.598. The molecular formula is C48H40N2. The van der Waals surface area contributed by atoms with E-state index in [4.69, 9.17) is 0 Å². The van der Waals surface area contributed by atoms with Crippen molar-refractivity contribution in [3.63, 3.8) is 0 Å².